The number of anilines is 6. The molecule has 18 rings (SSSR count). The van der Waals surface area contributed by atoms with E-state index in [1.165, 1.54) is 155 Å². The van der Waals surface area contributed by atoms with Crippen molar-refractivity contribution in [3.05, 3.63) is 346 Å². The summed E-state index contributed by atoms with van der Waals surface area (Å²) in [6.07, 6.45) is 9.18. The fourth-order valence-corrected chi connectivity index (χ4v) is 17.3. The standard InChI is InChI=1S/C94H74N2/c1-91(2)83-29-19-17-27-73(83)77-47-39-65(55-87(77)91)95(63-21-11-9-12-22-63)67-41-49-79-75-45-37-61(53-85(75)93(5,6)89(79)57-67)33-31-59-35-43-71-72-44-36-60(52-82(72)70-26-16-15-25-69(70)81(71)51-59)32-34-62-38-46-76-80-50-42-68(58-90(80)94(7,8)86(76)54-62)96(64-23-13-10-14-24-64)66-40-48-78-74-28-18-20-30-84(74)92(3,4)88(78)56-66/h9-58H,1-8H3. The van der Waals surface area contributed by atoms with Gasteiger partial charge in [0.05, 0.1) is 0 Å². The predicted octanol–water partition coefficient (Wildman–Crippen LogP) is 25.7. The lowest BCUT2D eigenvalue weighted by Gasteiger charge is -2.29. The normalized spacial score (nSPS) is 15.1. The maximum absolute atomic E-state index is 2.45. The van der Waals surface area contributed by atoms with Gasteiger partial charge < -0.3 is 9.80 Å². The van der Waals surface area contributed by atoms with Crippen molar-refractivity contribution in [1.29, 1.82) is 0 Å². The van der Waals surface area contributed by atoms with Gasteiger partial charge in [0.1, 0.15) is 0 Å². The fraction of sp³-hybridized carbons (Fsp3) is 0.128. The lowest BCUT2D eigenvalue weighted by Crippen LogP contribution is -2.18. The highest BCUT2D eigenvalue weighted by molar-refractivity contribution is 6.26. The molecule has 0 saturated heterocycles. The molecule has 0 aliphatic heterocycles. The van der Waals surface area contributed by atoms with Crippen LogP contribution in [0.15, 0.2) is 279 Å². The molecule has 0 amide bonds. The van der Waals surface area contributed by atoms with E-state index in [1.54, 1.807) is 0 Å². The Labute approximate surface area is 564 Å². The second kappa shape index (κ2) is 21.2. The average Bonchev–Trinajstić information content (AvgIpc) is 1.40. The molecule has 0 saturated carbocycles. The van der Waals surface area contributed by atoms with E-state index >= 15 is 0 Å². The van der Waals surface area contributed by atoms with E-state index in [0.29, 0.717) is 0 Å². The molecule has 96 heavy (non-hydrogen) atoms. The number of para-hydroxylation sites is 2. The summed E-state index contributed by atoms with van der Waals surface area (Å²) >= 11 is 0. The predicted molar refractivity (Wildman–Crippen MR) is 409 cm³/mol. The van der Waals surface area contributed by atoms with Gasteiger partial charge in [-0.25, -0.2) is 0 Å². The Hall–Kier alpha value is -11.1. The van der Waals surface area contributed by atoms with Gasteiger partial charge in [0.15, 0.2) is 0 Å². The molecule has 14 aromatic rings. The van der Waals surface area contributed by atoms with E-state index < -0.39 is 0 Å². The zero-order valence-electron chi connectivity index (χ0n) is 55.8. The third-order valence-corrected chi connectivity index (χ3v) is 22.4. The van der Waals surface area contributed by atoms with Crippen LogP contribution in [-0.2, 0) is 21.7 Å². The zero-order chi connectivity index (χ0) is 65.0. The first-order chi connectivity index (χ1) is 46.6. The molecule has 0 atom stereocenters. The van der Waals surface area contributed by atoms with Crippen LogP contribution >= 0.6 is 0 Å². The third-order valence-electron chi connectivity index (χ3n) is 22.4. The van der Waals surface area contributed by atoms with Crippen molar-refractivity contribution in [2.45, 2.75) is 77.0 Å². The van der Waals surface area contributed by atoms with Gasteiger partial charge in [0.25, 0.3) is 0 Å². The van der Waals surface area contributed by atoms with E-state index in [0.717, 1.165) is 22.7 Å². The zero-order valence-corrected chi connectivity index (χ0v) is 55.8. The summed E-state index contributed by atoms with van der Waals surface area (Å²) in [7, 11) is 0. The molecular formula is C94H74N2. The molecule has 4 aliphatic rings. The number of nitrogens with zero attached hydrogens (tertiary/aromatic N) is 2. The van der Waals surface area contributed by atoms with Crippen molar-refractivity contribution in [3.8, 4) is 44.5 Å². The third kappa shape index (κ3) is 8.77. The molecule has 0 fully saturated rings. The summed E-state index contributed by atoms with van der Waals surface area (Å²) in [4.78, 5) is 4.88. The highest BCUT2D eigenvalue weighted by Gasteiger charge is 2.41. The Balaban J connectivity index is 0.612. The van der Waals surface area contributed by atoms with Crippen molar-refractivity contribution >= 4 is 90.7 Å². The maximum Gasteiger partial charge on any atom is 0.0465 e. The van der Waals surface area contributed by atoms with Gasteiger partial charge in [-0.15, -0.1) is 0 Å². The Bertz CT molecular complexity index is 5290. The molecule has 0 radical (unpaired) electrons. The molecule has 0 heterocycles. The molecule has 2 nitrogen and oxygen atoms in total. The van der Waals surface area contributed by atoms with Gasteiger partial charge in [-0.3, -0.25) is 0 Å². The van der Waals surface area contributed by atoms with E-state index in [9.17, 15) is 0 Å². The van der Waals surface area contributed by atoms with Crippen LogP contribution in [0.5, 0.6) is 0 Å². The summed E-state index contributed by atoms with van der Waals surface area (Å²) in [5.74, 6) is 0. The summed E-state index contributed by atoms with van der Waals surface area (Å²) in [6, 6.07) is 105. The Morgan fingerprint density at radius 2 is 0.438 bits per heavy atom. The van der Waals surface area contributed by atoms with Crippen LogP contribution in [0.2, 0.25) is 0 Å². The summed E-state index contributed by atoms with van der Waals surface area (Å²) < 4.78 is 0. The van der Waals surface area contributed by atoms with Crippen LogP contribution < -0.4 is 9.80 Å². The van der Waals surface area contributed by atoms with Crippen LogP contribution in [0.1, 0.15) is 122 Å². The van der Waals surface area contributed by atoms with Crippen molar-refractivity contribution in [2.75, 3.05) is 9.80 Å². The van der Waals surface area contributed by atoms with Gasteiger partial charge in [-0.2, -0.15) is 0 Å². The quantitative estimate of drug-likeness (QED) is 0.0995. The minimum absolute atomic E-state index is 0.0974. The molecular weight excluding hydrogens is 1160 g/mol. The molecule has 0 aromatic heterocycles. The monoisotopic (exact) mass is 1230 g/mol. The van der Waals surface area contributed by atoms with Crippen LogP contribution in [-0.4, -0.2) is 0 Å². The smallest absolute Gasteiger partial charge is 0.0465 e. The van der Waals surface area contributed by atoms with Crippen LogP contribution in [0.4, 0.5) is 34.1 Å². The minimum atomic E-state index is -0.213. The van der Waals surface area contributed by atoms with Gasteiger partial charge in [0, 0.05) is 55.8 Å². The summed E-state index contributed by atoms with van der Waals surface area (Å²) in [5, 5.41) is 7.60. The molecule has 0 unspecified atom stereocenters. The lowest BCUT2D eigenvalue weighted by atomic mass is 9.81. The first kappa shape index (κ1) is 57.6. The van der Waals surface area contributed by atoms with Crippen LogP contribution in [0.25, 0.3) is 101 Å². The van der Waals surface area contributed by atoms with Gasteiger partial charge in [-0.1, -0.05) is 274 Å². The topological polar surface area (TPSA) is 6.48 Å². The summed E-state index contributed by atoms with van der Waals surface area (Å²) in [5.41, 5.74) is 32.6. The number of hydrogen-bond acceptors (Lipinski definition) is 2. The number of rotatable bonds is 10. The van der Waals surface area contributed by atoms with Crippen LogP contribution in [0.3, 0.4) is 0 Å². The van der Waals surface area contributed by atoms with Crippen LogP contribution in [0, 0.1) is 0 Å². The van der Waals surface area contributed by atoms with Gasteiger partial charge >= 0.3 is 0 Å². The number of hydrogen-bond donors (Lipinski definition) is 0. The fourth-order valence-electron chi connectivity index (χ4n) is 17.3. The van der Waals surface area contributed by atoms with Crippen molar-refractivity contribution < 1.29 is 0 Å². The van der Waals surface area contributed by atoms with Crippen molar-refractivity contribution in [3.63, 3.8) is 0 Å². The van der Waals surface area contributed by atoms with Gasteiger partial charge in [-0.05, 0) is 229 Å². The molecule has 460 valence electrons. The average molecular weight is 1230 g/mol. The number of fused-ring (bicyclic) bond motifs is 18. The van der Waals surface area contributed by atoms with Gasteiger partial charge in [0.2, 0.25) is 0 Å². The highest BCUT2D eigenvalue weighted by Crippen LogP contribution is 2.56. The molecule has 2 heteroatoms. The molecule has 0 N–H and O–H groups in total. The van der Waals surface area contributed by atoms with Crippen molar-refractivity contribution in [1.82, 2.24) is 0 Å². The van der Waals surface area contributed by atoms with E-state index in [-0.39, 0.29) is 21.7 Å². The molecule has 4 aliphatic carbocycles. The minimum Gasteiger partial charge on any atom is -0.310 e. The van der Waals surface area contributed by atoms with Crippen molar-refractivity contribution in [2.24, 2.45) is 0 Å². The molecule has 0 bridgehead atoms. The first-order valence-corrected chi connectivity index (χ1v) is 34.1. The van der Waals surface area contributed by atoms with E-state index in [1.807, 2.05) is 0 Å². The second-order valence-corrected chi connectivity index (χ2v) is 29.3. The lowest BCUT2D eigenvalue weighted by molar-refractivity contribution is 0.659. The largest absolute Gasteiger partial charge is 0.310 e. The SMILES string of the molecule is CC1(C)c2ccccc2-c2ccc(N(c3ccccc3)c3ccc4c(c3)C(C)(C)c3cc(C=Cc5ccc6c7ccc(C=Cc8ccc9c(c8)C(C)(C)c8cc(N(c%10ccccc%10)c%10ccc%11c(c%10)C(C)(C)c%10ccccc%10-%11)ccc8-9)cc7c7ccccc7c6c5)ccc3-4)cc21. The highest BCUT2D eigenvalue weighted by atomic mass is 15.1. The molecule has 0 spiro atoms. The first-order valence-electron chi connectivity index (χ1n) is 34.1. The Kier molecular flexibility index (Phi) is 12.7. The van der Waals surface area contributed by atoms with E-state index in [2.05, 4.69) is 369 Å². The van der Waals surface area contributed by atoms with E-state index in [4.69, 9.17) is 0 Å². The summed E-state index contributed by atoms with van der Waals surface area (Å²) in [6.45, 7) is 19.0. The maximum atomic E-state index is 2.45. The Morgan fingerprint density at radius 1 is 0.188 bits per heavy atom. The number of benzene rings is 14. The second-order valence-electron chi connectivity index (χ2n) is 29.3. The molecule has 14 aromatic carbocycles. The Morgan fingerprint density at radius 3 is 0.792 bits per heavy atom.